The first kappa shape index (κ1) is 21.9. The molecule has 0 unspecified atom stereocenters. The number of carbonyl (C=O) groups excluding carboxylic acids is 1. The zero-order valence-electron chi connectivity index (χ0n) is 17.9. The Balaban J connectivity index is 1.57. The van der Waals surface area contributed by atoms with Gasteiger partial charge in [0.2, 0.25) is 5.92 Å². The van der Waals surface area contributed by atoms with Gasteiger partial charge in [0, 0.05) is 37.3 Å². The largest absolute Gasteiger partial charge is 0.465 e. The lowest BCUT2D eigenvalue weighted by atomic mass is 9.85. The number of hydrogen-bond acceptors (Lipinski definition) is 5. The minimum absolute atomic E-state index is 0.0316. The first-order chi connectivity index (χ1) is 15.4. The van der Waals surface area contributed by atoms with Crippen molar-refractivity contribution in [2.45, 2.75) is 44.6 Å². The fraction of sp³-hybridized carbons (Fsp3) is 0.375. The second-order valence-corrected chi connectivity index (χ2v) is 8.15. The van der Waals surface area contributed by atoms with Crippen LogP contribution in [0, 0.1) is 5.92 Å². The topological polar surface area (TPSA) is 69.0 Å². The molecule has 32 heavy (non-hydrogen) atoms. The zero-order valence-corrected chi connectivity index (χ0v) is 17.9. The van der Waals surface area contributed by atoms with Gasteiger partial charge in [-0.2, -0.15) is 5.10 Å². The smallest absolute Gasteiger partial charge is 0.340 e. The van der Waals surface area contributed by atoms with Gasteiger partial charge in [-0.25, -0.2) is 13.6 Å². The summed E-state index contributed by atoms with van der Waals surface area (Å²) in [7, 11) is 1.33. The highest BCUT2D eigenvalue weighted by Gasteiger charge is 2.34. The number of halogens is 2. The molecule has 2 aromatic heterocycles. The molecule has 0 amide bonds. The van der Waals surface area contributed by atoms with Gasteiger partial charge in [-0.3, -0.25) is 9.67 Å². The second-order valence-electron chi connectivity index (χ2n) is 8.15. The molecule has 168 valence electrons. The summed E-state index contributed by atoms with van der Waals surface area (Å²) in [6.07, 6.45) is 6.86. The predicted molar refractivity (Wildman–Crippen MR) is 118 cm³/mol. The van der Waals surface area contributed by atoms with E-state index in [1.165, 1.54) is 13.3 Å². The number of methoxy groups -OCH3 is 1. The van der Waals surface area contributed by atoms with Crippen LogP contribution in [0.25, 0.3) is 11.1 Å². The van der Waals surface area contributed by atoms with Crippen LogP contribution >= 0.6 is 0 Å². The van der Waals surface area contributed by atoms with Gasteiger partial charge in [0.1, 0.15) is 0 Å². The fourth-order valence-corrected chi connectivity index (χ4v) is 4.07. The van der Waals surface area contributed by atoms with Crippen LogP contribution in [0.4, 0.5) is 20.3 Å². The predicted octanol–water partition coefficient (Wildman–Crippen LogP) is 5.69. The van der Waals surface area contributed by atoms with Gasteiger partial charge in [-0.1, -0.05) is 30.3 Å². The van der Waals surface area contributed by atoms with Crippen LogP contribution in [-0.2, 0) is 11.3 Å². The van der Waals surface area contributed by atoms with E-state index in [4.69, 9.17) is 9.84 Å². The summed E-state index contributed by atoms with van der Waals surface area (Å²) in [6.45, 7) is 0.634. The lowest BCUT2D eigenvalue weighted by molar-refractivity contribution is -0.0469. The number of pyridine rings is 1. The van der Waals surface area contributed by atoms with Gasteiger partial charge in [0.15, 0.2) is 5.82 Å². The van der Waals surface area contributed by atoms with Crippen LogP contribution < -0.4 is 5.32 Å². The van der Waals surface area contributed by atoms with E-state index in [9.17, 15) is 13.6 Å². The van der Waals surface area contributed by atoms with Gasteiger partial charge in [-0.15, -0.1) is 0 Å². The van der Waals surface area contributed by atoms with Crippen molar-refractivity contribution in [1.29, 1.82) is 0 Å². The highest BCUT2D eigenvalue weighted by atomic mass is 19.3. The molecule has 1 aliphatic rings. The number of rotatable bonds is 7. The molecular formula is C24H26F2N4O2. The third-order valence-electron chi connectivity index (χ3n) is 5.93. The summed E-state index contributed by atoms with van der Waals surface area (Å²) in [5.74, 6) is -2.12. The lowest BCUT2D eigenvalue weighted by Gasteiger charge is -2.28. The maximum atomic E-state index is 13.4. The van der Waals surface area contributed by atoms with E-state index >= 15 is 0 Å². The molecule has 0 spiro atoms. The average molecular weight is 440 g/mol. The van der Waals surface area contributed by atoms with Crippen molar-refractivity contribution in [3.63, 3.8) is 0 Å². The van der Waals surface area contributed by atoms with Crippen LogP contribution in [0.15, 0.2) is 55.0 Å². The summed E-state index contributed by atoms with van der Waals surface area (Å²) in [4.78, 5) is 16.2. The number of carbonyl (C=O) groups is 1. The number of esters is 1. The quantitative estimate of drug-likeness (QED) is 0.478. The molecule has 0 radical (unpaired) electrons. The molecule has 1 fully saturated rings. The molecule has 0 atom stereocenters. The normalized spacial score (nSPS) is 16.0. The molecule has 2 heterocycles. The molecule has 6 nitrogen and oxygen atoms in total. The third kappa shape index (κ3) is 5.12. The average Bonchev–Trinajstić information content (AvgIpc) is 3.21. The molecule has 0 bridgehead atoms. The summed E-state index contributed by atoms with van der Waals surface area (Å²) >= 11 is 0. The number of nitrogens with one attached hydrogen (secondary N) is 1. The van der Waals surface area contributed by atoms with E-state index in [-0.39, 0.29) is 18.8 Å². The number of hydrogen-bond donors (Lipinski definition) is 1. The van der Waals surface area contributed by atoms with Crippen molar-refractivity contribution >= 4 is 17.5 Å². The Morgan fingerprint density at radius 3 is 2.69 bits per heavy atom. The Labute approximate surface area is 185 Å². The Bertz CT molecular complexity index is 1060. The van der Waals surface area contributed by atoms with Gasteiger partial charge >= 0.3 is 5.97 Å². The number of anilines is 2. The van der Waals surface area contributed by atoms with Gasteiger partial charge in [-0.05, 0) is 36.8 Å². The first-order valence-corrected chi connectivity index (χ1v) is 10.8. The standard InChI is InChI=1S/C24H26F2N4O2/c1-32-23(31)19-9-13-27-15-21(19)28-22-20(18-5-3-2-4-6-18)16-30(29-22)14-10-17-7-11-24(25,26)12-8-17/h2-6,9,13,15-17H,7-8,10-12,14H2,1H3,(H,28,29). The van der Waals surface area contributed by atoms with Gasteiger partial charge < -0.3 is 10.1 Å². The fourth-order valence-electron chi connectivity index (χ4n) is 4.07. The van der Waals surface area contributed by atoms with Gasteiger partial charge in [0.25, 0.3) is 0 Å². The lowest BCUT2D eigenvalue weighted by Crippen LogP contribution is -2.25. The number of alkyl halides is 2. The van der Waals surface area contributed by atoms with Crippen LogP contribution in [0.2, 0.25) is 0 Å². The van der Waals surface area contributed by atoms with Crippen molar-refractivity contribution in [1.82, 2.24) is 14.8 Å². The highest BCUT2D eigenvalue weighted by molar-refractivity contribution is 5.96. The molecule has 1 N–H and O–H groups in total. The summed E-state index contributed by atoms with van der Waals surface area (Å²) in [5.41, 5.74) is 2.71. The molecule has 3 aromatic rings. The van der Waals surface area contributed by atoms with E-state index < -0.39 is 11.9 Å². The van der Waals surface area contributed by atoms with Crippen LogP contribution in [0.3, 0.4) is 0 Å². The van der Waals surface area contributed by atoms with Crippen molar-refractivity contribution in [2.24, 2.45) is 5.92 Å². The van der Waals surface area contributed by atoms with Crippen molar-refractivity contribution in [3.8, 4) is 11.1 Å². The summed E-state index contributed by atoms with van der Waals surface area (Å²) in [5, 5.41) is 7.93. The summed E-state index contributed by atoms with van der Waals surface area (Å²) in [6, 6.07) is 11.4. The van der Waals surface area contributed by atoms with Crippen LogP contribution in [0.5, 0.6) is 0 Å². The zero-order chi connectivity index (χ0) is 22.6. The SMILES string of the molecule is COC(=O)c1ccncc1Nc1nn(CCC2CCC(F)(F)CC2)cc1-c1ccccc1. The molecule has 0 aliphatic heterocycles. The van der Waals surface area contributed by atoms with E-state index in [1.54, 1.807) is 12.3 Å². The second kappa shape index (κ2) is 9.46. The van der Waals surface area contributed by atoms with Crippen molar-refractivity contribution in [3.05, 3.63) is 60.6 Å². The van der Waals surface area contributed by atoms with Crippen LogP contribution in [-0.4, -0.2) is 33.8 Å². The Hall–Kier alpha value is -3.29. The van der Waals surface area contributed by atoms with Crippen LogP contribution in [0.1, 0.15) is 42.5 Å². The van der Waals surface area contributed by atoms with Gasteiger partial charge in [0.05, 0.1) is 24.6 Å². The monoisotopic (exact) mass is 440 g/mol. The maximum Gasteiger partial charge on any atom is 0.340 e. The molecular weight excluding hydrogens is 414 g/mol. The molecule has 4 rings (SSSR count). The van der Waals surface area contributed by atoms with E-state index in [1.807, 2.05) is 41.2 Å². The number of nitrogens with zero attached hydrogens (tertiary/aromatic N) is 3. The first-order valence-electron chi connectivity index (χ1n) is 10.8. The summed E-state index contributed by atoms with van der Waals surface area (Å²) < 4.78 is 33.6. The highest BCUT2D eigenvalue weighted by Crippen LogP contribution is 2.38. The molecule has 8 heteroatoms. The number of aromatic nitrogens is 3. The minimum atomic E-state index is -2.51. The Morgan fingerprint density at radius 2 is 1.97 bits per heavy atom. The third-order valence-corrected chi connectivity index (χ3v) is 5.93. The van der Waals surface area contributed by atoms with Crippen molar-refractivity contribution in [2.75, 3.05) is 12.4 Å². The van der Waals surface area contributed by atoms with E-state index in [0.717, 1.165) is 17.5 Å². The molecule has 1 aliphatic carbocycles. The molecule has 1 saturated carbocycles. The maximum absolute atomic E-state index is 13.4. The van der Waals surface area contributed by atoms with E-state index in [2.05, 4.69) is 10.3 Å². The number of aryl methyl sites for hydroxylation is 1. The number of benzene rings is 1. The van der Waals surface area contributed by atoms with E-state index in [0.29, 0.717) is 36.5 Å². The molecule has 1 aromatic carbocycles. The minimum Gasteiger partial charge on any atom is -0.465 e. The van der Waals surface area contributed by atoms with Crippen molar-refractivity contribution < 1.29 is 18.3 Å². The Kier molecular flexibility index (Phi) is 6.48. The molecule has 0 saturated heterocycles. The number of ether oxygens (including phenoxy) is 1. The Morgan fingerprint density at radius 1 is 1.22 bits per heavy atom.